The molecule has 0 radical (unpaired) electrons. The van der Waals surface area contributed by atoms with E-state index in [1.54, 1.807) is 29.3 Å². The lowest BCUT2D eigenvalue weighted by Gasteiger charge is -2.35. The highest BCUT2D eigenvalue weighted by Gasteiger charge is 2.43. The van der Waals surface area contributed by atoms with Crippen molar-refractivity contribution in [2.24, 2.45) is 5.16 Å². The number of rotatable bonds is 3. The number of anilines is 1. The van der Waals surface area contributed by atoms with Crippen molar-refractivity contribution in [3.05, 3.63) is 64.1 Å². The van der Waals surface area contributed by atoms with E-state index in [0.29, 0.717) is 28.8 Å². The Balaban J connectivity index is 1.27. The molecule has 1 amide bonds. The summed E-state index contributed by atoms with van der Waals surface area (Å²) >= 11 is 11.8. The van der Waals surface area contributed by atoms with Gasteiger partial charge >= 0.3 is 6.09 Å². The number of nitrogens with zero attached hydrogens (tertiary/aromatic N) is 2. The maximum absolute atomic E-state index is 12.1. The fourth-order valence-corrected chi connectivity index (χ4v) is 3.61. The van der Waals surface area contributed by atoms with Crippen LogP contribution in [0.25, 0.3) is 0 Å². The number of hydroxylamine groups is 2. The van der Waals surface area contributed by atoms with Crippen LogP contribution in [-0.2, 0) is 9.68 Å². The second-order valence-corrected chi connectivity index (χ2v) is 7.81. The first-order valence-electron chi connectivity index (χ1n) is 9.02. The van der Waals surface area contributed by atoms with Gasteiger partial charge in [-0.2, -0.15) is 0 Å². The number of amides is 1. The molecular weight excluding hydrogens is 401 g/mol. The molecule has 0 aliphatic carbocycles. The molecule has 146 valence electrons. The molecule has 2 heterocycles. The molecule has 0 unspecified atom stereocenters. The summed E-state index contributed by atoms with van der Waals surface area (Å²) in [6.45, 7) is 1.16. The van der Waals surface area contributed by atoms with E-state index < -0.39 is 6.09 Å². The monoisotopic (exact) mass is 419 g/mol. The van der Waals surface area contributed by atoms with E-state index in [4.69, 9.17) is 32.9 Å². The molecule has 2 aliphatic rings. The Labute approximate surface area is 173 Å². The summed E-state index contributed by atoms with van der Waals surface area (Å²) in [4.78, 5) is 23.3. The van der Waals surface area contributed by atoms with E-state index in [1.165, 1.54) is 0 Å². The summed E-state index contributed by atoms with van der Waals surface area (Å²) in [6, 6.07) is 14.4. The number of carbonyl (C=O) groups excluding carboxylic acids is 1. The maximum Gasteiger partial charge on any atom is 0.430 e. The molecule has 6 nitrogen and oxygen atoms in total. The van der Waals surface area contributed by atoms with Crippen LogP contribution < -0.4 is 5.32 Å². The summed E-state index contributed by atoms with van der Waals surface area (Å²) in [7, 11) is 0. The van der Waals surface area contributed by atoms with Gasteiger partial charge in [-0.3, -0.25) is 5.32 Å². The minimum Gasteiger partial charge on any atom is -0.388 e. The summed E-state index contributed by atoms with van der Waals surface area (Å²) in [5, 5.41) is 9.93. The fourth-order valence-electron chi connectivity index (χ4n) is 3.36. The normalized spacial score (nSPS) is 18.4. The maximum atomic E-state index is 12.1. The first kappa shape index (κ1) is 19.1. The van der Waals surface area contributed by atoms with Crippen LogP contribution in [0, 0.1) is 0 Å². The molecule has 8 heteroatoms. The number of nitrogens with one attached hydrogen (secondary N) is 1. The average molecular weight is 420 g/mol. The molecule has 2 aromatic carbocycles. The predicted molar refractivity (Wildman–Crippen MR) is 109 cm³/mol. The molecule has 0 saturated carbocycles. The molecule has 1 N–H and O–H groups in total. The van der Waals surface area contributed by atoms with Crippen LogP contribution in [-0.4, -0.2) is 35.6 Å². The quantitative estimate of drug-likeness (QED) is 0.749. The molecule has 4 rings (SSSR count). The Morgan fingerprint density at radius 2 is 1.64 bits per heavy atom. The zero-order valence-electron chi connectivity index (χ0n) is 15.0. The van der Waals surface area contributed by atoms with Gasteiger partial charge in [-0.05, 0) is 42.0 Å². The second kappa shape index (κ2) is 7.99. The fraction of sp³-hybridized carbons (Fsp3) is 0.300. The van der Waals surface area contributed by atoms with E-state index in [-0.39, 0.29) is 5.60 Å². The molecule has 1 fully saturated rings. The standard InChI is InChI=1S/C20H19Cl2N3O3/c21-15-3-1-14(2-4-15)18-13-20(28-24-18)9-11-25(12-10-20)27-19(26)23-17-7-5-16(22)6-8-17/h1-8H,9-13H2,(H,23,26). The third-order valence-corrected chi connectivity index (χ3v) is 5.46. The van der Waals surface area contributed by atoms with Gasteiger partial charge in [-0.25, -0.2) is 4.79 Å². The van der Waals surface area contributed by atoms with Crippen molar-refractivity contribution < 1.29 is 14.5 Å². The van der Waals surface area contributed by atoms with Crippen LogP contribution >= 0.6 is 23.2 Å². The highest BCUT2D eigenvalue weighted by Crippen LogP contribution is 2.36. The van der Waals surface area contributed by atoms with Crippen molar-refractivity contribution in [1.29, 1.82) is 0 Å². The molecule has 0 bridgehead atoms. The minimum absolute atomic E-state index is 0.332. The molecule has 28 heavy (non-hydrogen) atoms. The van der Waals surface area contributed by atoms with E-state index in [9.17, 15) is 4.79 Å². The van der Waals surface area contributed by atoms with Crippen molar-refractivity contribution in [3.8, 4) is 0 Å². The predicted octanol–water partition coefficient (Wildman–Crippen LogP) is 5.12. The zero-order valence-corrected chi connectivity index (χ0v) is 16.5. The van der Waals surface area contributed by atoms with E-state index >= 15 is 0 Å². The molecule has 0 aromatic heterocycles. The van der Waals surface area contributed by atoms with Gasteiger partial charge in [0.1, 0.15) is 5.60 Å². The van der Waals surface area contributed by atoms with Gasteiger partial charge in [0.2, 0.25) is 0 Å². The number of piperidine rings is 1. The van der Waals surface area contributed by atoms with Gasteiger partial charge < -0.3 is 9.68 Å². The van der Waals surface area contributed by atoms with Crippen molar-refractivity contribution in [3.63, 3.8) is 0 Å². The molecule has 0 atom stereocenters. The van der Waals surface area contributed by atoms with Crippen LogP contribution in [0.5, 0.6) is 0 Å². The molecule has 1 spiro atoms. The molecule has 1 saturated heterocycles. The van der Waals surface area contributed by atoms with E-state index in [0.717, 1.165) is 30.5 Å². The second-order valence-electron chi connectivity index (χ2n) is 6.94. The van der Waals surface area contributed by atoms with Crippen LogP contribution in [0.3, 0.4) is 0 Å². The first-order valence-corrected chi connectivity index (χ1v) is 9.77. The zero-order chi connectivity index (χ0) is 19.6. The summed E-state index contributed by atoms with van der Waals surface area (Å²) < 4.78 is 0. The third-order valence-electron chi connectivity index (χ3n) is 4.95. The lowest BCUT2D eigenvalue weighted by Crippen LogP contribution is -2.45. The smallest absolute Gasteiger partial charge is 0.388 e. The summed E-state index contributed by atoms with van der Waals surface area (Å²) in [6.07, 6.45) is 1.66. The highest BCUT2D eigenvalue weighted by molar-refractivity contribution is 6.31. The lowest BCUT2D eigenvalue weighted by molar-refractivity contribution is -0.154. The number of hydrogen-bond acceptors (Lipinski definition) is 5. The van der Waals surface area contributed by atoms with Gasteiger partial charge in [0, 0.05) is 48.1 Å². The topological polar surface area (TPSA) is 63.2 Å². The summed E-state index contributed by atoms with van der Waals surface area (Å²) in [5.41, 5.74) is 2.23. The first-order chi connectivity index (χ1) is 13.5. The van der Waals surface area contributed by atoms with Gasteiger partial charge in [-0.15, -0.1) is 5.06 Å². The van der Waals surface area contributed by atoms with Crippen molar-refractivity contribution >= 4 is 40.7 Å². The highest BCUT2D eigenvalue weighted by atomic mass is 35.5. The Kier molecular flexibility index (Phi) is 5.44. The Morgan fingerprint density at radius 3 is 2.29 bits per heavy atom. The number of benzene rings is 2. The van der Waals surface area contributed by atoms with Crippen LogP contribution in [0.1, 0.15) is 24.8 Å². The largest absolute Gasteiger partial charge is 0.430 e. The van der Waals surface area contributed by atoms with E-state index in [2.05, 4.69) is 10.5 Å². The lowest BCUT2D eigenvalue weighted by atomic mass is 9.86. The Bertz CT molecular complexity index is 877. The van der Waals surface area contributed by atoms with Crippen LogP contribution in [0.15, 0.2) is 53.7 Å². The summed E-state index contributed by atoms with van der Waals surface area (Å²) in [5.74, 6) is 0. The molecule has 2 aliphatic heterocycles. The minimum atomic E-state index is -0.524. The number of oxime groups is 1. The number of halogens is 2. The molecular formula is C20H19Cl2N3O3. The number of carbonyl (C=O) groups is 1. The van der Waals surface area contributed by atoms with Crippen LogP contribution in [0.4, 0.5) is 10.5 Å². The number of hydrogen-bond donors (Lipinski definition) is 1. The van der Waals surface area contributed by atoms with E-state index in [1.807, 2.05) is 24.3 Å². The molecule has 2 aromatic rings. The average Bonchev–Trinajstić information content (AvgIpc) is 3.10. The van der Waals surface area contributed by atoms with Crippen molar-refractivity contribution in [2.45, 2.75) is 24.9 Å². The van der Waals surface area contributed by atoms with Gasteiger partial charge in [0.25, 0.3) is 0 Å². The van der Waals surface area contributed by atoms with Crippen molar-refractivity contribution in [1.82, 2.24) is 5.06 Å². The third kappa shape index (κ3) is 4.41. The van der Waals surface area contributed by atoms with Crippen LogP contribution in [0.2, 0.25) is 10.0 Å². The Hall–Kier alpha value is -2.28. The van der Waals surface area contributed by atoms with Gasteiger partial charge in [-0.1, -0.05) is 40.5 Å². The Morgan fingerprint density at radius 1 is 1.04 bits per heavy atom. The van der Waals surface area contributed by atoms with Gasteiger partial charge in [0.15, 0.2) is 0 Å². The van der Waals surface area contributed by atoms with Crippen molar-refractivity contribution in [2.75, 3.05) is 18.4 Å². The van der Waals surface area contributed by atoms with Gasteiger partial charge in [0.05, 0.1) is 5.71 Å². The SMILES string of the molecule is O=C(Nc1ccc(Cl)cc1)ON1CCC2(CC1)CC(c1ccc(Cl)cc1)=NO2.